The molecule has 2 aromatic rings. The fraction of sp³-hybridized carbons (Fsp3) is 0.385. The summed E-state index contributed by atoms with van der Waals surface area (Å²) < 4.78 is 4.89. The summed E-state index contributed by atoms with van der Waals surface area (Å²) in [7, 11) is 1.43. The first-order valence-corrected chi connectivity index (χ1v) is 11.6. The first-order chi connectivity index (χ1) is 16.4. The number of phenols is 1. The SMILES string of the molecule is COC(=O)C1CN(Cc2cccc(C3=CC=NC(C)(NCCc4ccc(O)cc4)N3)c2)CCN1. The van der Waals surface area contributed by atoms with Crippen LogP contribution in [0.3, 0.4) is 0 Å². The van der Waals surface area contributed by atoms with Gasteiger partial charge in [-0.2, -0.15) is 0 Å². The largest absolute Gasteiger partial charge is 0.508 e. The Morgan fingerprint density at radius 2 is 2.09 bits per heavy atom. The zero-order valence-corrected chi connectivity index (χ0v) is 19.8. The van der Waals surface area contributed by atoms with Crippen LogP contribution in [0, 0.1) is 0 Å². The minimum absolute atomic E-state index is 0.216. The van der Waals surface area contributed by atoms with Gasteiger partial charge < -0.3 is 20.5 Å². The Morgan fingerprint density at radius 1 is 1.26 bits per heavy atom. The van der Waals surface area contributed by atoms with Gasteiger partial charge in [-0.25, -0.2) is 0 Å². The number of phenolic OH excluding ortho intramolecular Hbond substituents is 1. The van der Waals surface area contributed by atoms with E-state index in [-0.39, 0.29) is 17.8 Å². The third-order valence-electron chi connectivity index (χ3n) is 6.16. The Balaban J connectivity index is 1.35. The van der Waals surface area contributed by atoms with Crippen molar-refractivity contribution in [2.24, 2.45) is 4.99 Å². The minimum Gasteiger partial charge on any atom is -0.508 e. The number of ether oxygens (including phenoxy) is 1. The van der Waals surface area contributed by atoms with Gasteiger partial charge >= 0.3 is 5.97 Å². The van der Waals surface area contributed by atoms with Crippen molar-refractivity contribution in [3.8, 4) is 5.75 Å². The number of hydrogen-bond acceptors (Lipinski definition) is 8. The number of aliphatic imine (C=N–C) groups is 1. The molecule has 0 aromatic heterocycles. The van der Waals surface area contributed by atoms with Crippen LogP contribution in [0.1, 0.15) is 23.6 Å². The smallest absolute Gasteiger partial charge is 0.324 e. The van der Waals surface area contributed by atoms with Crippen molar-refractivity contribution in [1.29, 1.82) is 0 Å². The van der Waals surface area contributed by atoms with E-state index in [1.165, 1.54) is 12.7 Å². The summed E-state index contributed by atoms with van der Waals surface area (Å²) in [6.07, 6.45) is 4.66. The van der Waals surface area contributed by atoms with E-state index in [0.717, 1.165) is 49.4 Å². The van der Waals surface area contributed by atoms with Gasteiger partial charge in [0.25, 0.3) is 0 Å². The normalized spacial score (nSPS) is 22.6. The fourth-order valence-corrected chi connectivity index (χ4v) is 4.32. The van der Waals surface area contributed by atoms with Crippen LogP contribution in [-0.4, -0.2) is 67.3 Å². The van der Waals surface area contributed by atoms with E-state index in [1.54, 1.807) is 12.1 Å². The van der Waals surface area contributed by atoms with Crippen molar-refractivity contribution in [2.45, 2.75) is 31.7 Å². The van der Waals surface area contributed by atoms with Gasteiger partial charge in [0.1, 0.15) is 11.8 Å². The first kappa shape index (κ1) is 23.9. The lowest BCUT2D eigenvalue weighted by Crippen LogP contribution is -2.54. The molecule has 180 valence electrons. The third-order valence-corrected chi connectivity index (χ3v) is 6.16. The topological polar surface area (TPSA) is 98.2 Å². The Bertz CT molecular complexity index is 1050. The molecule has 34 heavy (non-hydrogen) atoms. The average molecular weight is 464 g/mol. The summed E-state index contributed by atoms with van der Waals surface area (Å²) in [5.41, 5.74) is 4.44. The number of nitrogens with one attached hydrogen (secondary N) is 3. The third kappa shape index (κ3) is 6.22. The van der Waals surface area contributed by atoms with Crippen LogP contribution in [0.15, 0.2) is 59.6 Å². The van der Waals surface area contributed by atoms with Crippen LogP contribution in [0.2, 0.25) is 0 Å². The van der Waals surface area contributed by atoms with E-state index >= 15 is 0 Å². The lowest BCUT2D eigenvalue weighted by molar-refractivity contribution is -0.144. The summed E-state index contributed by atoms with van der Waals surface area (Å²) in [5, 5.41) is 19.7. The van der Waals surface area contributed by atoms with Gasteiger partial charge in [0, 0.05) is 44.6 Å². The number of carbonyl (C=O) groups excluding carboxylic acids is 1. The number of allylic oxidation sites excluding steroid dienone is 1. The number of rotatable bonds is 8. The molecule has 4 rings (SSSR count). The molecule has 2 unspecified atom stereocenters. The molecule has 2 aromatic carbocycles. The van der Waals surface area contributed by atoms with E-state index in [9.17, 15) is 9.90 Å². The number of nitrogens with zero attached hydrogens (tertiary/aromatic N) is 2. The summed E-state index contributed by atoms with van der Waals surface area (Å²) in [6, 6.07) is 15.4. The van der Waals surface area contributed by atoms with Gasteiger partial charge in [0.15, 0.2) is 5.79 Å². The molecule has 0 bridgehead atoms. The second-order valence-electron chi connectivity index (χ2n) is 8.86. The van der Waals surface area contributed by atoms with Crippen LogP contribution in [0.5, 0.6) is 5.75 Å². The maximum absolute atomic E-state index is 11.9. The van der Waals surface area contributed by atoms with E-state index in [2.05, 4.69) is 50.1 Å². The summed E-state index contributed by atoms with van der Waals surface area (Å²) in [4.78, 5) is 18.8. The van der Waals surface area contributed by atoms with Crippen molar-refractivity contribution >= 4 is 17.9 Å². The molecule has 0 amide bonds. The average Bonchev–Trinajstić information content (AvgIpc) is 2.85. The van der Waals surface area contributed by atoms with E-state index < -0.39 is 5.79 Å². The van der Waals surface area contributed by atoms with E-state index in [1.807, 2.05) is 31.3 Å². The summed E-state index contributed by atoms with van der Waals surface area (Å²) in [5.74, 6) is -0.547. The number of hydrogen-bond donors (Lipinski definition) is 4. The number of methoxy groups -OCH3 is 1. The number of esters is 1. The summed E-state index contributed by atoms with van der Waals surface area (Å²) in [6.45, 7) is 5.80. The molecule has 0 radical (unpaired) electrons. The van der Waals surface area contributed by atoms with Crippen LogP contribution in [0.25, 0.3) is 5.70 Å². The quantitative estimate of drug-likeness (QED) is 0.444. The molecule has 2 heterocycles. The van der Waals surface area contributed by atoms with E-state index in [0.29, 0.717) is 6.54 Å². The highest BCUT2D eigenvalue weighted by molar-refractivity contribution is 5.86. The molecule has 2 aliphatic rings. The van der Waals surface area contributed by atoms with Crippen LogP contribution in [-0.2, 0) is 22.5 Å². The molecule has 2 aliphatic heterocycles. The molecule has 0 saturated carbocycles. The molecule has 1 fully saturated rings. The highest BCUT2D eigenvalue weighted by Gasteiger charge is 2.27. The molecule has 1 saturated heterocycles. The molecular weight excluding hydrogens is 430 g/mol. The van der Waals surface area contributed by atoms with Crippen molar-refractivity contribution in [3.63, 3.8) is 0 Å². The lowest BCUT2D eigenvalue weighted by atomic mass is 10.1. The Labute approximate surface area is 200 Å². The molecule has 8 nitrogen and oxygen atoms in total. The van der Waals surface area contributed by atoms with Crippen molar-refractivity contribution < 1.29 is 14.6 Å². The number of aromatic hydroxyl groups is 1. The van der Waals surface area contributed by atoms with Gasteiger partial charge in [-0.1, -0.05) is 30.3 Å². The minimum atomic E-state index is -0.608. The Kier molecular flexibility index (Phi) is 7.62. The van der Waals surface area contributed by atoms with Gasteiger partial charge in [0.05, 0.1) is 7.11 Å². The van der Waals surface area contributed by atoms with Gasteiger partial charge in [-0.05, 0) is 54.3 Å². The zero-order valence-electron chi connectivity index (χ0n) is 19.8. The number of piperazine rings is 1. The van der Waals surface area contributed by atoms with Gasteiger partial charge in [-0.3, -0.25) is 20.0 Å². The monoisotopic (exact) mass is 463 g/mol. The zero-order chi connectivity index (χ0) is 24.0. The molecule has 0 spiro atoms. The highest BCUT2D eigenvalue weighted by Crippen LogP contribution is 2.21. The number of carbonyl (C=O) groups is 1. The van der Waals surface area contributed by atoms with Crippen LogP contribution in [0.4, 0.5) is 0 Å². The lowest BCUT2D eigenvalue weighted by Gasteiger charge is -2.33. The van der Waals surface area contributed by atoms with Crippen molar-refractivity contribution in [2.75, 3.05) is 33.3 Å². The first-order valence-electron chi connectivity index (χ1n) is 11.6. The highest BCUT2D eigenvalue weighted by atomic mass is 16.5. The molecule has 2 atom stereocenters. The predicted octanol–water partition coefficient (Wildman–Crippen LogP) is 1.86. The predicted molar refractivity (Wildman–Crippen MR) is 133 cm³/mol. The second kappa shape index (κ2) is 10.8. The molecule has 4 N–H and O–H groups in total. The molecular formula is C26H33N5O3. The van der Waals surface area contributed by atoms with Crippen LogP contribution < -0.4 is 16.0 Å². The molecule has 0 aliphatic carbocycles. The standard InChI is InChI=1S/C26H33N5O3/c1-26(28-12-10-19-6-8-22(32)9-7-19)29-13-11-23(30-26)21-5-3-4-20(16-21)17-31-15-14-27-24(18-31)25(33)34-2/h3-9,11,13,16,24,27-28,30,32H,10,12,14-15,17-18H2,1-2H3. The van der Waals surface area contributed by atoms with Crippen LogP contribution >= 0.6 is 0 Å². The van der Waals surface area contributed by atoms with Crippen molar-refractivity contribution in [1.82, 2.24) is 20.9 Å². The van der Waals surface area contributed by atoms with Crippen molar-refractivity contribution in [3.05, 3.63) is 71.3 Å². The maximum Gasteiger partial charge on any atom is 0.324 e. The Hall–Kier alpha value is -3.20. The maximum atomic E-state index is 11.9. The fourth-order valence-electron chi connectivity index (χ4n) is 4.32. The summed E-state index contributed by atoms with van der Waals surface area (Å²) >= 11 is 0. The Morgan fingerprint density at radius 3 is 2.88 bits per heavy atom. The molecule has 8 heteroatoms. The number of benzene rings is 2. The van der Waals surface area contributed by atoms with Gasteiger partial charge in [-0.15, -0.1) is 0 Å². The van der Waals surface area contributed by atoms with Gasteiger partial charge in [0.2, 0.25) is 0 Å². The van der Waals surface area contributed by atoms with E-state index in [4.69, 9.17) is 4.74 Å². The second-order valence-corrected chi connectivity index (χ2v) is 8.86.